The van der Waals surface area contributed by atoms with Crippen LogP contribution in [0.5, 0.6) is 11.6 Å². The fourth-order valence-electron chi connectivity index (χ4n) is 6.92. The number of tetrazole rings is 1. The molecule has 4 aromatic rings. The molecule has 1 atom stereocenters. The third kappa shape index (κ3) is 15.1. The fraction of sp³-hybridized carbons (Fsp3) is 0.650. The number of hydrogen-bond donors (Lipinski definition) is 1. The van der Waals surface area contributed by atoms with Crippen LogP contribution < -0.4 is 14.8 Å². The van der Waals surface area contributed by atoms with Gasteiger partial charge in [0.05, 0.1) is 110 Å². The molecule has 0 bridgehead atoms. The van der Waals surface area contributed by atoms with Gasteiger partial charge in [0, 0.05) is 44.2 Å². The van der Waals surface area contributed by atoms with E-state index in [0.29, 0.717) is 120 Å². The Labute approximate surface area is 356 Å². The molecule has 60 heavy (non-hydrogen) atoms. The highest BCUT2D eigenvalue weighted by molar-refractivity contribution is 6.32. The molecule has 1 N–H and O–H groups in total. The van der Waals surface area contributed by atoms with Crippen molar-refractivity contribution in [2.24, 2.45) is 0 Å². The third-order valence-electron chi connectivity index (χ3n) is 10.0. The van der Waals surface area contributed by atoms with Gasteiger partial charge in [0.1, 0.15) is 30.5 Å². The van der Waals surface area contributed by atoms with Gasteiger partial charge in [0.15, 0.2) is 0 Å². The maximum absolute atomic E-state index is 6.49. The molecular formula is C40H59ClN10O9. The first-order valence-electron chi connectivity index (χ1n) is 20.7. The van der Waals surface area contributed by atoms with Crippen molar-refractivity contribution in [3.63, 3.8) is 0 Å². The minimum absolute atomic E-state index is 0.224. The topological polar surface area (TPSA) is 186 Å². The maximum Gasteiger partial charge on any atom is 0.257 e. The lowest BCUT2D eigenvalue weighted by Gasteiger charge is -2.38. The highest BCUT2D eigenvalue weighted by Crippen LogP contribution is 2.35. The molecule has 330 valence electrons. The predicted octanol–water partition coefficient (Wildman–Crippen LogP) is 4.12. The molecule has 0 radical (unpaired) electrons. The van der Waals surface area contributed by atoms with E-state index in [1.165, 1.54) is 0 Å². The molecule has 1 saturated carbocycles. The SMILES string of the molecule is COCCOCCOCCOCCOCCOCCOc1nn(C2CCC(N3CCOCC3)CC2)cc1Nc1ncc(-c2ccc(Cl)c(O[C@@H](C)Cn3cnnn3)c2)cn1. The Bertz CT molecular complexity index is 1760. The maximum atomic E-state index is 6.49. The fourth-order valence-corrected chi connectivity index (χ4v) is 7.09. The van der Waals surface area contributed by atoms with Gasteiger partial charge >= 0.3 is 0 Å². The average Bonchev–Trinajstić information content (AvgIpc) is 3.94. The number of nitrogens with zero attached hydrogens (tertiary/aromatic N) is 9. The Morgan fingerprint density at radius 1 is 0.800 bits per heavy atom. The van der Waals surface area contributed by atoms with Crippen LogP contribution >= 0.6 is 11.6 Å². The zero-order chi connectivity index (χ0) is 41.6. The molecular weight excluding hydrogens is 800 g/mol. The number of halogens is 1. The zero-order valence-corrected chi connectivity index (χ0v) is 35.5. The number of anilines is 2. The van der Waals surface area contributed by atoms with Crippen LogP contribution in [-0.2, 0) is 39.7 Å². The molecule has 0 spiro atoms. The van der Waals surface area contributed by atoms with Crippen LogP contribution in [0.2, 0.25) is 5.02 Å². The number of aromatic nitrogens is 8. The lowest BCUT2D eigenvalue weighted by molar-refractivity contribution is -0.0160. The van der Waals surface area contributed by atoms with Crippen LogP contribution in [0.25, 0.3) is 11.1 Å². The second kappa shape index (κ2) is 25.7. The molecule has 1 aliphatic carbocycles. The molecule has 1 aliphatic heterocycles. The van der Waals surface area contributed by atoms with Gasteiger partial charge in [-0.2, -0.15) is 0 Å². The summed E-state index contributed by atoms with van der Waals surface area (Å²) in [6, 6.07) is 6.42. The van der Waals surface area contributed by atoms with Crippen LogP contribution in [0.4, 0.5) is 11.6 Å². The summed E-state index contributed by atoms with van der Waals surface area (Å²) in [4.78, 5) is 11.8. The summed E-state index contributed by atoms with van der Waals surface area (Å²) < 4.78 is 54.2. The van der Waals surface area contributed by atoms with Crippen LogP contribution in [0.3, 0.4) is 0 Å². The van der Waals surface area contributed by atoms with E-state index in [1.807, 2.05) is 29.9 Å². The largest absolute Gasteiger partial charge is 0.487 e. The second-order valence-electron chi connectivity index (χ2n) is 14.4. The average molecular weight is 859 g/mol. The normalized spacial score (nSPS) is 17.8. The summed E-state index contributed by atoms with van der Waals surface area (Å²) in [6.07, 6.45) is 11.1. The quantitative estimate of drug-likeness (QED) is 0.0804. The van der Waals surface area contributed by atoms with Crippen LogP contribution in [-0.4, -0.2) is 170 Å². The number of rotatable bonds is 28. The van der Waals surface area contributed by atoms with E-state index in [1.54, 1.807) is 36.6 Å². The number of hydrogen-bond acceptors (Lipinski definition) is 17. The Kier molecular flexibility index (Phi) is 19.4. The highest BCUT2D eigenvalue weighted by Gasteiger charge is 2.29. The van der Waals surface area contributed by atoms with E-state index in [4.69, 9.17) is 59.3 Å². The highest BCUT2D eigenvalue weighted by atomic mass is 35.5. The lowest BCUT2D eigenvalue weighted by Crippen LogP contribution is -2.45. The molecule has 19 nitrogen and oxygen atoms in total. The molecule has 4 heterocycles. The minimum Gasteiger partial charge on any atom is -0.487 e. The molecule has 6 rings (SSSR count). The van der Waals surface area contributed by atoms with Crippen molar-refractivity contribution in [3.8, 4) is 22.8 Å². The minimum atomic E-state index is -0.224. The first-order chi connectivity index (χ1) is 29.6. The molecule has 2 fully saturated rings. The summed E-state index contributed by atoms with van der Waals surface area (Å²) in [7, 11) is 1.65. The summed E-state index contributed by atoms with van der Waals surface area (Å²) in [5.41, 5.74) is 2.34. The van der Waals surface area contributed by atoms with Gasteiger partial charge in [-0.15, -0.1) is 10.2 Å². The van der Waals surface area contributed by atoms with Gasteiger partial charge in [0.25, 0.3) is 5.88 Å². The van der Waals surface area contributed by atoms with Gasteiger partial charge in [0.2, 0.25) is 5.95 Å². The molecule has 2 aliphatic rings. The van der Waals surface area contributed by atoms with E-state index >= 15 is 0 Å². The summed E-state index contributed by atoms with van der Waals surface area (Å²) in [6.45, 7) is 11.8. The molecule has 1 saturated heterocycles. The number of nitrogens with one attached hydrogen (secondary N) is 1. The lowest BCUT2D eigenvalue weighted by atomic mass is 9.90. The molecule has 0 amide bonds. The number of ether oxygens (including phenoxy) is 9. The number of methoxy groups -OCH3 is 1. The van der Waals surface area contributed by atoms with Gasteiger partial charge in [-0.05, 0) is 60.7 Å². The van der Waals surface area contributed by atoms with E-state index < -0.39 is 0 Å². The Morgan fingerprint density at radius 2 is 1.42 bits per heavy atom. The Hall–Kier alpha value is -4.05. The first-order valence-corrected chi connectivity index (χ1v) is 21.1. The van der Waals surface area contributed by atoms with Crippen LogP contribution in [0, 0.1) is 0 Å². The smallest absolute Gasteiger partial charge is 0.257 e. The second-order valence-corrected chi connectivity index (χ2v) is 14.8. The van der Waals surface area contributed by atoms with Crippen molar-refractivity contribution in [1.82, 2.24) is 44.9 Å². The molecule has 1 aromatic carbocycles. The van der Waals surface area contributed by atoms with E-state index in [2.05, 4.69) is 35.7 Å². The summed E-state index contributed by atoms with van der Waals surface area (Å²) >= 11 is 6.49. The van der Waals surface area contributed by atoms with Crippen molar-refractivity contribution in [2.45, 2.75) is 57.3 Å². The van der Waals surface area contributed by atoms with Gasteiger partial charge < -0.3 is 47.9 Å². The van der Waals surface area contributed by atoms with E-state index in [0.717, 1.165) is 63.1 Å². The zero-order valence-electron chi connectivity index (χ0n) is 34.7. The number of benzene rings is 1. The van der Waals surface area contributed by atoms with Gasteiger partial charge in [-0.1, -0.05) is 17.7 Å². The van der Waals surface area contributed by atoms with E-state index in [-0.39, 0.29) is 12.1 Å². The van der Waals surface area contributed by atoms with Gasteiger partial charge in [-0.3, -0.25) is 9.58 Å². The summed E-state index contributed by atoms with van der Waals surface area (Å²) in [5.74, 6) is 1.42. The van der Waals surface area contributed by atoms with E-state index in [9.17, 15) is 0 Å². The summed E-state index contributed by atoms with van der Waals surface area (Å²) in [5, 5.41) is 20.0. The van der Waals surface area contributed by atoms with Crippen LogP contribution in [0.1, 0.15) is 38.6 Å². The Balaban J connectivity index is 0.963. The first kappa shape index (κ1) is 45.5. The molecule has 3 aromatic heterocycles. The van der Waals surface area contributed by atoms with Crippen molar-refractivity contribution in [3.05, 3.63) is 48.1 Å². The molecule has 0 unspecified atom stereocenters. The van der Waals surface area contributed by atoms with Crippen molar-refractivity contribution < 1.29 is 42.6 Å². The van der Waals surface area contributed by atoms with Gasteiger partial charge in [-0.25, -0.2) is 14.6 Å². The third-order valence-corrected chi connectivity index (χ3v) is 10.3. The Morgan fingerprint density at radius 3 is 2.03 bits per heavy atom. The standard InChI is InChI=1S/C40H59ClN10O9/c1-31(28-50-30-44-47-48-50)60-38-25-32(3-8-36(38)41)33-26-42-40(43-27-33)45-37-29-51(35-6-4-34(5-7-35)49-9-11-53-12-10-49)46-39(37)59-24-23-58-22-21-57-20-19-56-18-17-55-16-15-54-14-13-52-2/h3,8,25-27,29-31,34-35H,4-7,9-24,28H2,1-2H3,(H,42,43,45)/t31-,34?,35?/m0/s1. The molecule has 20 heteroatoms. The van der Waals surface area contributed by atoms with Crippen molar-refractivity contribution in [2.75, 3.05) is 118 Å². The van der Waals surface area contributed by atoms with Crippen LogP contribution in [0.15, 0.2) is 43.1 Å². The predicted molar refractivity (Wildman–Crippen MR) is 221 cm³/mol. The van der Waals surface area contributed by atoms with Crippen molar-refractivity contribution >= 4 is 23.2 Å². The van der Waals surface area contributed by atoms with Crippen molar-refractivity contribution in [1.29, 1.82) is 0 Å². The monoisotopic (exact) mass is 858 g/mol. The number of morpholine rings is 1.